The number of hydrogen-bond acceptors (Lipinski definition) is 3. The van der Waals surface area contributed by atoms with Gasteiger partial charge in [0.2, 0.25) is 5.52 Å². The molecule has 1 aliphatic heterocycles. The van der Waals surface area contributed by atoms with E-state index in [0.717, 1.165) is 0 Å². The van der Waals surface area contributed by atoms with Crippen LogP contribution in [0, 0.1) is 5.21 Å². The maximum Gasteiger partial charge on any atom is 0.265 e. The van der Waals surface area contributed by atoms with Gasteiger partial charge < -0.3 is 5.21 Å². The predicted octanol–water partition coefficient (Wildman–Crippen LogP) is 1.17. The van der Waals surface area contributed by atoms with Crippen molar-refractivity contribution in [1.29, 1.82) is 0 Å². The molecule has 0 aliphatic carbocycles. The van der Waals surface area contributed by atoms with Gasteiger partial charge >= 0.3 is 0 Å². The predicted molar refractivity (Wildman–Crippen MR) is 67.6 cm³/mol. The molecule has 2 heterocycles. The molecule has 0 saturated heterocycles. The summed E-state index contributed by atoms with van der Waals surface area (Å²) in [5.74, 6) is 0. The van der Waals surface area contributed by atoms with Crippen molar-refractivity contribution in [2.24, 2.45) is 0 Å². The maximum atomic E-state index is 12.3. The molecule has 0 fully saturated rings. The first-order chi connectivity index (χ1) is 8.57. The standard InChI is InChI=1S/C12H10N2O3S/c1-2-7-14-10-5-3-4-9-12(10)11(18(14,16)17)6-8-13(9)15/h2-6,8H,1,7H2. The Labute approximate surface area is 104 Å². The molecule has 1 aromatic heterocycles. The van der Waals surface area contributed by atoms with Crippen LogP contribution in [-0.4, -0.2) is 15.0 Å². The number of sulfonamides is 1. The number of aromatic nitrogens is 1. The molecular weight excluding hydrogens is 252 g/mol. The zero-order valence-corrected chi connectivity index (χ0v) is 10.2. The van der Waals surface area contributed by atoms with Gasteiger partial charge in [0.1, 0.15) is 4.90 Å². The summed E-state index contributed by atoms with van der Waals surface area (Å²) in [6.07, 6.45) is 2.74. The Balaban J connectivity index is 2.47. The molecule has 0 spiro atoms. The zero-order chi connectivity index (χ0) is 12.9. The highest BCUT2D eigenvalue weighted by Crippen LogP contribution is 2.40. The molecule has 0 saturated carbocycles. The largest absolute Gasteiger partial charge is 0.618 e. The van der Waals surface area contributed by atoms with Gasteiger partial charge in [-0.2, -0.15) is 4.73 Å². The Kier molecular flexibility index (Phi) is 2.12. The molecule has 5 nitrogen and oxygen atoms in total. The van der Waals surface area contributed by atoms with Crippen LogP contribution >= 0.6 is 0 Å². The van der Waals surface area contributed by atoms with Gasteiger partial charge in [-0.3, -0.25) is 4.31 Å². The molecule has 18 heavy (non-hydrogen) atoms. The molecule has 1 aliphatic rings. The molecule has 0 radical (unpaired) electrons. The third-order valence-electron chi connectivity index (χ3n) is 3.00. The number of rotatable bonds is 2. The van der Waals surface area contributed by atoms with E-state index in [-0.39, 0.29) is 11.4 Å². The van der Waals surface area contributed by atoms with E-state index in [4.69, 9.17) is 0 Å². The molecule has 0 amide bonds. The van der Waals surface area contributed by atoms with Crippen LogP contribution in [0.3, 0.4) is 0 Å². The first-order valence-corrected chi connectivity index (χ1v) is 6.80. The summed E-state index contributed by atoms with van der Waals surface area (Å²) in [5.41, 5.74) is 0.896. The topological polar surface area (TPSA) is 64.3 Å². The van der Waals surface area contributed by atoms with Crippen LogP contribution in [0.4, 0.5) is 5.69 Å². The Morgan fingerprint density at radius 1 is 1.39 bits per heavy atom. The molecule has 0 atom stereocenters. The summed E-state index contributed by atoms with van der Waals surface area (Å²) in [7, 11) is -3.57. The number of hydrogen-bond donors (Lipinski definition) is 0. The fourth-order valence-corrected chi connectivity index (χ4v) is 3.90. The highest BCUT2D eigenvalue weighted by molar-refractivity contribution is 7.93. The number of nitrogens with zero attached hydrogens (tertiary/aromatic N) is 2. The van der Waals surface area contributed by atoms with E-state index in [1.165, 1.54) is 22.6 Å². The van der Waals surface area contributed by atoms with Gasteiger partial charge in [0.25, 0.3) is 10.0 Å². The lowest BCUT2D eigenvalue weighted by atomic mass is 10.2. The van der Waals surface area contributed by atoms with Gasteiger partial charge in [-0.25, -0.2) is 8.42 Å². The number of pyridine rings is 1. The van der Waals surface area contributed by atoms with E-state index >= 15 is 0 Å². The SMILES string of the molecule is C=CCN1c2cccc3c2c(cc[n+]3[O-])S1(=O)=O. The monoisotopic (exact) mass is 262 g/mol. The Hall–Kier alpha value is -2.08. The van der Waals surface area contributed by atoms with Crippen molar-refractivity contribution in [3.63, 3.8) is 0 Å². The van der Waals surface area contributed by atoms with Crippen molar-refractivity contribution in [3.05, 3.63) is 48.3 Å². The Bertz CT molecular complexity index is 768. The quantitative estimate of drug-likeness (QED) is 0.463. The molecule has 2 aromatic rings. The smallest absolute Gasteiger partial charge is 0.265 e. The second-order valence-corrected chi connectivity index (χ2v) is 5.83. The molecule has 6 heteroatoms. The van der Waals surface area contributed by atoms with Crippen LogP contribution in [0.5, 0.6) is 0 Å². The van der Waals surface area contributed by atoms with Crippen molar-refractivity contribution >= 4 is 26.6 Å². The second kappa shape index (κ2) is 3.46. The number of anilines is 1. The molecule has 0 N–H and O–H groups in total. The van der Waals surface area contributed by atoms with Gasteiger partial charge in [-0.15, -0.1) is 6.58 Å². The lowest BCUT2D eigenvalue weighted by Gasteiger charge is -2.15. The minimum absolute atomic E-state index is 0.182. The fraction of sp³-hybridized carbons (Fsp3) is 0.0833. The summed E-state index contributed by atoms with van der Waals surface area (Å²) < 4.78 is 26.6. The average molecular weight is 262 g/mol. The molecule has 1 aromatic carbocycles. The van der Waals surface area contributed by atoms with Gasteiger partial charge in [0.15, 0.2) is 6.20 Å². The minimum Gasteiger partial charge on any atom is -0.618 e. The molecule has 3 rings (SSSR count). The van der Waals surface area contributed by atoms with Crippen LogP contribution in [0.1, 0.15) is 0 Å². The van der Waals surface area contributed by atoms with Gasteiger partial charge in [-0.1, -0.05) is 12.1 Å². The number of benzene rings is 1. The van der Waals surface area contributed by atoms with Crippen LogP contribution < -0.4 is 9.04 Å². The third kappa shape index (κ3) is 1.20. The summed E-state index contributed by atoms with van der Waals surface area (Å²) in [4.78, 5) is 0.182. The van der Waals surface area contributed by atoms with Crippen LogP contribution in [0.15, 0.2) is 48.0 Å². The lowest BCUT2D eigenvalue weighted by molar-refractivity contribution is -0.577. The summed E-state index contributed by atoms with van der Waals surface area (Å²) in [6, 6.07) is 6.33. The van der Waals surface area contributed by atoms with Crippen LogP contribution in [0.25, 0.3) is 10.9 Å². The van der Waals surface area contributed by atoms with E-state index < -0.39 is 10.0 Å². The third-order valence-corrected chi connectivity index (χ3v) is 4.82. The maximum absolute atomic E-state index is 12.3. The summed E-state index contributed by atoms with van der Waals surface area (Å²) in [5, 5.41) is 12.2. The van der Waals surface area contributed by atoms with Gasteiger partial charge in [0.05, 0.1) is 17.6 Å². The van der Waals surface area contributed by atoms with Crippen molar-refractivity contribution in [3.8, 4) is 0 Å². The highest BCUT2D eigenvalue weighted by atomic mass is 32.2. The van der Waals surface area contributed by atoms with Crippen molar-refractivity contribution in [2.75, 3.05) is 10.8 Å². The first kappa shape index (κ1) is 11.0. The molecule has 92 valence electrons. The Morgan fingerprint density at radius 2 is 2.17 bits per heavy atom. The van der Waals surface area contributed by atoms with Crippen LogP contribution in [-0.2, 0) is 10.0 Å². The van der Waals surface area contributed by atoms with E-state index in [9.17, 15) is 13.6 Å². The van der Waals surface area contributed by atoms with E-state index in [1.807, 2.05) is 0 Å². The van der Waals surface area contributed by atoms with E-state index in [1.54, 1.807) is 18.2 Å². The summed E-state index contributed by atoms with van der Waals surface area (Å²) in [6.45, 7) is 3.75. The van der Waals surface area contributed by atoms with E-state index in [2.05, 4.69) is 6.58 Å². The molecule has 0 unspecified atom stereocenters. The van der Waals surface area contributed by atoms with Gasteiger partial charge in [0, 0.05) is 12.1 Å². The average Bonchev–Trinajstić information content (AvgIpc) is 2.56. The molecular formula is C12H10N2O3S. The van der Waals surface area contributed by atoms with Gasteiger partial charge in [-0.05, 0) is 6.07 Å². The normalized spacial score (nSPS) is 16.1. The second-order valence-electron chi connectivity index (χ2n) is 4.00. The van der Waals surface area contributed by atoms with Crippen molar-refractivity contribution < 1.29 is 13.1 Å². The zero-order valence-electron chi connectivity index (χ0n) is 9.41. The first-order valence-electron chi connectivity index (χ1n) is 5.36. The highest BCUT2D eigenvalue weighted by Gasteiger charge is 2.37. The molecule has 0 bridgehead atoms. The lowest BCUT2D eigenvalue weighted by Crippen LogP contribution is -2.27. The Morgan fingerprint density at radius 3 is 2.89 bits per heavy atom. The van der Waals surface area contributed by atoms with E-state index in [0.29, 0.717) is 21.3 Å². The summed E-state index contributed by atoms with van der Waals surface area (Å²) >= 11 is 0. The minimum atomic E-state index is -3.57. The van der Waals surface area contributed by atoms with Crippen molar-refractivity contribution in [1.82, 2.24) is 0 Å². The van der Waals surface area contributed by atoms with Crippen LogP contribution in [0.2, 0.25) is 0 Å². The fourth-order valence-electron chi connectivity index (χ4n) is 2.25. The van der Waals surface area contributed by atoms with Crippen molar-refractivity contribution in [2.45, 2.75) is 4.90 Å².